The molecule has 0 spiro atoms. The molecule has 0 aromatic heterocycles. The lowest BCUT2D eigenvalue weighted by atomic mass is 10.1. The highest BCUT2D eigenvalue weighted by atomic mass is 35.5. The smallest absolute Gasteiger partial charge is 0.240 e. The summed E-state index contributed by atoms with van der Waals surface area (Å²) >= 11 is 5.90. The van der Waals surface area contributed by atoms with Crippen molar-refractivity contribution in [3.05, 3.63) is 22.7 Å². The molecule has 7 heteroatoms. The molecule has 1 heterocycles. The van der Waals surface area contributed by atoms with Gasteiger partial charge in [0.1, 0.15) is 0 Å². The molecule has 0 amide bonds. The number of hydrogen-bond donors (Lipinski definition) is 2. The highest BCUT2D eigenvalue weighted by Crippen LogP contribution is 2.26. The zero-order valence-electron chi connectivity index (χ0n) is 12.2. The van der Waals surface area contributed by atoms with Crippen LogP contribution in [0.15, 0.2) is 17.0 Å². The zero-order chi connectivity index (χ0) is 15.5. The van der Waals surface area contributed by atoms with Crippen LogP contribution in [-0.4, -0.2) is 39.5 Å². The van der Waals surface area contributed by atoms with E-state index in [-0.39, 0.29) is 10.6 Å². The second kappa shape index (κ2) is 6.96. The van der Waals surface area contributed by atoms with Gasteiger partial charge in [0.25, 0.3) is 0 Å². The molecule has 3 N–H and O–H groups in total. The topological polar surface area (TPSA) is 75.4 Å². The number of nitrogens with one attached hydrogen (secondary N) is 1. The van der Waals surface area contributed by atoms with Crippen molar-refractivity contribution in [1.82, 2.24) is 9.62 Å². The number of sulfonamides is 1. The third kappa shape index (κ3) is 4.32. The molecule has 1 saturated heterocycles. The van der Waals surface area contributed by atoms with Gasteiger partial charge in [0, 0.05) is 13.1 Å². The summed E-state index contributed by atoms with van der Waals surface area (Å²) in [6.45, 7) is 4.96. The quantitative estimate of drug-likeness (QED) is 0.809. The van der Waals surface area contributed by atoms with Crippen molar-refractivity contribution in [1.29, 1.82) is 0 Å². The van der Waals surface area contributed by atoms with Crippen molar-refractivity contribution in [2.24, 2.45) is 0 Å². The predicted molar refractivity (Wildman–Crippen MR) is 86.1 cm³/mol. The summed E-state index contributed by atoms with van der Waals surface area (Å²) < 4.78 is 27.3. The molecular weight excluding hydrogens is 310 g/mol. The van der Waals surface area contributed by atoms with Gasteiger partial charge in [-0.3, -0.25) is 0 Å². The van der Waals surface area contributed by atoms with Crippen LogP contribution in [0.4, 0.5) is 5.69 Å². The fraction of sp³-hybridized carbons (Fsp3) is 0.571. The number of hydrogen-bond acceptors (Lipinski definition) is 4. The van der Waals surface area contributed by atoms with Crippen LogP contribution >= 0.6 is 11.6 Å². The van der Waals surface area contributed by atoms with Gasteiger partial charge in [-0.1, -0.05) is 18.0 Å². The number of rotatable bonds is 5. The van der Waals surface area contributed by atoms with Crippen molar-refractivity contribution >= 4 is 27.3 Å². The largest absolute Gasteiger partial charge is 0.397 e. The monoisotopic (exact) mass is 331 g/mol. The van der Waals surface area contributed by atoms with Crippen molar-refractivity contribution < 1.29 is 8.42 Å². The Labute approximate surface area is 131 Å². The third-order valence-electron chi connectivity index (χ3n) is 3.75. The van der Waals surface area contributed by atoms with Gasteiger partial charge in [0.15, 0.2) is 0 Å². The lowest BCUT2D eigenvalue weighted by molar-refractivity contribution is 0.233. The number of nitrogens with zero attached hydrogens (tertiary/aromatic N) is 1. The maximum absolute atomic E-state index is 12.3. The van der Waals surface area contributed by atoms with Crippen molar-refractivity contribution in [2.45, 2.75) is 31.1 Å². The van der Waals surface area contributed by atoms with Gasteiger partial charge < -0.3 is 10.6 Å². The van der Waals surface area contributed by atoms with E-state index in [0.29, 0.717) is 17.1 Å². The molecule has 1 aliphatic heterocycles. The maximum atomic E-state index is 12.3. The van der Waals surface area contributed by atoms with Crippen molar-refractivity contribution in [3.8, 4) is 0 Å². The van der Waals surface area contributed by atoms with Crippen LogP contribution in [0, 0.1) is 6.92 Å². The van der Waals surface area contributed by atoms with Crippen LogP contribution in [0.5, 0.6) is 0 Å². The molecule has 1 aromatic rings. The predicted octanol–water partition coefficient (Wildman–Crippen LogP) is 1.99. The highest BCUT2D eigenvalue weighted by Gasteiger charge is 2.19. The summed E-state index contributed by atoms with van der Waals surface area (Å²) in [7, 11) is -3.55. The molecule has 2 rings (SSSR count). The lowest BCUT2D eigenvalue weighted by Crippen LogP contribution is -2.37. The van der Waals surface area contributed by atoms with Crippen LogP contribution in [0.2, 0.25) is 5.02 Å². The third-order valence-corrected chi connectivity index (χ3v) is 5.68. The summed E-state index contributed by atoms with van der Waals surface area (Å²) in [5.74, 6) is 0. The Morgan fingerprint density at radius 1 is 1.29 bits per heavy atom. The van der Waals surface area contributed by atoms with Crippen LogP contribution in [0.1, 0.15) is 24.8 Å². The number of nitrogen functional groups attached to an aromatic ring is 1. The first-order chi connectivity index (χ1) is 9.90. The molecule has 5 nitrogen and oxygen atoms in total. The molecule has 118 valence electrons. The Balaban J connectivity index is 1.99. The molecule has 21 heavy (non-hydrogen) atoms. The molecule has 0 aliphatic carbocycles. The average molecular weight is 332 g/mol. The number of halogens is 1. The first kappa shape index (κ1) is 16.5. The summed E-state index contributed by atoms with van der Waals surface area (Å²) in [5, 5.41) is 0.375. The molecule has 0 bridgehead atoms. The second-order valence-electron chi connectivity index (χ2n) is 5.44. The van der Waals surface area contributed by atoms with E-state index in [4.69, 9.17) is 17.3 Å². The number of nitrogens with two attached hydrogens (primary N) is 1. The molecule has 0 saturated carbocycles. The van der Waals surface area contributed by atoms with Gasteiger partial charge in [0.2, 0.25) is 10.0 Å². The van der Waals surface area contributed by atoms with Gasteiger partial charge in [-0.05, 0) is 50.6 Å². The zero-order valence-corrected chi connectivity index (χ0v) is 13.8. The van der Waals surface area contributed by atoms with E-state index in [9.17, 15) is 8.42 Å². The van der Waals surface area contributed by atoms with E-state index in [2.05, 4.69) is 9.62 Å². The number of likely N-dealkylation sites (tertiary alicyclic amines) is 1. The normalized spacial score (nSPS) is 17.0. The summed E-state index contributed by atoms with van der Waals surface area (Å²) in [6.07, 6.45) is 3.66. The maximum Gasteiger partial charge on any atom is 0.240 e. The fourth-order valence-corrected chi connectivity index (χ4v) is 4.06. The molecule has 1 fully saturated rings. The number of anilines is 1. The highest BCUT2D eigenvalue weighted by molar-refractivity contribution is 7.89. The number of aryl methyl sites for hydroxylation is 1. The molecule has 1 aliphatic rings. The minimum atomic E-state index is -3.55. The second-order valence-corrected chi connectivity index (χ2v) is 7.58. The molecule has 1 aromatic carbocycles. The minimum Gasteiger partial charge on any atom is -0.397 e. The van der Waals surface area contributed by atoms with E-state index in [0.717, 1.165) is 19.6 Å². The van der Waals surface area contributed by atoms with Crippen LogP contribution in [-0.2, 0) is 10.0 Å². The molecular formula is C14H22ClN3O2S. The SMILES string of the molecule is Cc1cc(Cl)c(N)cc1S(=O)(=O)NCCN1CCCCC1. The van der Waals surface area contributed by atoms with E-state index in [1.165, 1.54) is 25.3 Å². The van der Waals surface area contributed by atoms with Crippen molar-refractivity contribution in [2.75, 3.05) is 31.9 Å². The Morgan fingerprint density at radius 2 is 1.95 bits per heavy atom. The van der Waals surface area contributed by atoms with Gasteiger partial charge in [-0.2, -0.15) is 0 Å². The standard InChI is InChI=1S/C14H22ClN3O2S/c1-11-9-12(15)13(16)10-14(11)21(19,20)17-5-8-18-6-3-2-4-7-18/h9-10,17H,2-8,16H2,1H3. The van der Waals surface area contributed by atoms with Gasteiger partial charge >= 0.3 is 0 Å². The number of benzene rings is 1. The van der Waals surface area contributed by atoms with E-state index >= 15 is 0 Å². The van der Waals surface area contributed by atoms with Gasteiger partial charge in [0.05, 0.1) is 15.6 Å². The Hall–Kier alpha value is -0.820. The number of piperidine rings is 1. The van der Waals surface area contributed by atoms with E-state index in [1.54, 1.807) is 13.0 Å². The van der Waals surface area contributed by atoms with Crippen LogP contribution in [0.25, 0.3) is 0 Å². The first-order valence-corrected chi connectivity index (χ1v) is 9.04. The minimum absolute atomic E-state index is 0.197. The lowest BCUT2D eigenvalue weighted by Gasteiger charge is -2.26. The fourth-order valence-electron chi connectivity index (χ4n) is 2.56. The summed E-state index contributed by atoms with van der Waals surface area (Å²) in [6, 6.07) is 3.00. The Morgan fingerprint density at radius 3 is 2.62 bits per heavy atom. The average Bonchev–Trinajstić information content (AvgIpc) is 2.43. The van der Waals surface area contributed by atoms with Gasteiger partial charge in [-0.15, -0.1) is 0 Å². The van der Waals surface area contributed by atoms with Gasteiger partial charge in [-0.25, -0.2) is 13.1 Å². The first-order valence-electron chi connectivity index (χ1n) is 7.18. The Kier molecular flexibility index (Phi) is 5.48. The van der Waals surface area contributed by atoms with E-state index < -0.39 is 10.0 Å². The Bertz CT molecular complexity index is 598. The summed E-state index contributed by atoms with van der Waals surface area (Å²) in [5.41, 5.74) is 6.57. The molecule has 0 radical (unpaired) electrons. The summed E-state index contributed by atoms with van der Waals surface area (Å²) in [4.78, 5) is 2.48. The van der Waals surface area contributed by atoms with Crippen LogP contribution in [0.3, 0.4) is 0 Å². The van der Waals surface area contributed by atoms with E-state index in [1.807, 2.05) is 0 Å². The van der Waals surface area contributed by atoms with Crippen LogP contribution < -0.4 is 10.5 Å². The van der Waals surface area contributed by atoms with Crippen molar-refractivity contribution in [3.63, 3.8) is 0 Å². The molecule has 0 unspecified atom stereocenters. The molecule has 0 atom stereocenters.